The van der Waals surface area contributed by atoms with Gasteiger partial charge in [-0.25, -0.2) is 0 Å². The number of hydrogen-bond acceptors (Lipinski definition) is 0. The van der Waals surface area contributed by atoms with Gasteiger partial charge in [0.05, 0.1) is 0 Å². The van der Waals surface area contributed by atoms with Gasteiger partial charge in [-0.05, 0) is 66.3 Å². The molecule has 0 saturated carbocycles. The molecule has 3 aromatic rings. The second-order valence-electron chi connectivity index (χ2n) is 10.4. The Balaban J connectivity index is 0.00000204. The molecule has 0 spiro atoms. The Kier molecular flexibility index (Phi) is 12.5. The van der Waals surface area contributed by atoms with E-state index in [4.69, 9.17) is 0 Å². The van der Waals surface area contributed by atoms with Gasteiger partial charge in [0.1, 0.15) is 0 Å². The number of hydrogen-bond donors (Lipinski definition) is 0. The van der Waals surface area contributed by atoms with Crippen molar-refractivity contribution in [2.45, 2.75) is 92.4 Å². The van der Waals surface area contributed by atoms with E-state index in [9.17, 15) is 0 Å². The third kappa shape index (κ3) is 6.72. The van der Waals surface area contributed by atoms with Gasteiger partial charge < -0.3 is 24.8 Å². The van der Waals surface area contributed by atoms with Crippen LogP contribution in [0.3, 0.4) is 0 Å². The topological polar surface area (TPSA) is 0 Å². The SMILES string of the molecule is CCCCc1[c-]c2c(cc1Cc1c(C(C)C)ccc(C(C)C)c1C)-c1ccc(C)cc1C2.[Cl-].[Cl-].[Zr+3]. The summed E-state index contributed by atoms with van der Waals surface area (Å²) in [7, 11) is 0. The Labute approximate surface area is 245 Å². The van der Waals surface area contributed by atoms with E-state index in [0.717, 1.165) is 19.3 Å². The molecule has 0 atom stereocenters. The number of benzene rings is 3. The van der Waals surface area contributed by atoms with E-state index in [2.05, 4.69) is 90.9 Å². The largest absolute Gasteiger partial charge is 3.00 e. The maximum atomic E-state index is 3.92. The second kappa shape index (κ2) is 13.6. The van der Waals surface area contributed by atoms with Gasteiger partial charge in [-0.1, -0.05) is 95.3 Å². The van der Waals surface area contributed by atoms with E-state index < -0.39 is 0 Å². The van der Waals surface area contributed by atoms with Crippen molar-refractivity contribution < 1.29 is 51.0 Å². The Bertz CT molecular complexity index is 1140. The van der Waals surface area contributed by atoms with E-state index in [-0.39, 0.29) is 51.0 Å². The summed E-state index contributed by atoms with van der Waals surface area (Å²) < 4.78 is 0. The van der Waals surface area contributed by atoms with Crippen LogP contribution in [0.2, 0.25) is 0 Å². The summed E-state index contributed by atoms with van der Waals surface area (Å²) in [6, 6.07) is 18.1. The third-order valence-corrected chi connectivity index (χ3v) is 7.32. The van der Waals surface area contributed by atoms with Crippen LogP contribution in [-0.4, -0.2) is 0 Å². The first-order valence-corrected chi connectivity index (χ1v) is 12.6. The van der Waals surface area contributed by atoms with Crippen LogP contribution in [0.1, 0.15) is 109 Å². The fourth-order valence-corrected chi connectivity index (χ4v) is 5.50. The molecule has 0 amide bonds. The predicted octanol–water partition coefficient (Wildman–Crippen LogP) is 2.86. The zero-order valence-electron chi connectivity index (χ0n) is 22.4. The average Bonchev–Trinajstić information content (AvgIpc) is 3.08. The molecule has 1 aliphatic rings. The molecule has 3 heteroatoms. The first-order chi connectivity index (χ1) is 15.3. The van der Waals surface area contributed by atoms with Crippen molar-refractivity contribution in [3.8, 4) is 11.1 Å². The molecule has 4 rings (SSSR count). The molecule has 0 saturated heterocycles. The van der Waals surface area contributed by atoms with Crippen LogP contribution in [0.5, 0.6) is 0 Å². The van der Waals surface area contributed by atoms with Gasteiger partial charge in [-0.3, -0.25) is 0 Å². The fourth-order valence-electron chi connectivity index (χ4n) is 5.50. The molecular weight excluding hydrogens is 546 g/mol. The first kappa shape index (κ1) is 32.2. The molecule has 0 nitrogen and oxygen atoms in total. The summed E-state index contributed by atoms with van der Waals surface area (Å²) in [4.78, 5) is 0. The van der Waals surface area contributed by atoms with Crippen LogP contribution in [0.25, 0.3) is 11.1 Å². The molecule has 0 aromatic heterocycles. The van der Waals surface area contributed by atoms with Crippen molar-refractivity contribution in [3.05, 3.63) is 92.5 Å². The van der Waals surface area contributed by atoms with Crippen LogP contribution in [0, 0.1) is 19.9 Å². The van der Waals surface area contributed by atoms with E-state index in [1.165, 1.54) is 68.5 Å². The van der Waals surface area contributed by atoms with Gasteiger partial charge in [-0.15, -0.1) is 16.7 Å². The Morgan fingerprint density at radius 3 is 2.14 bits per heavy atom. The third-order valence-electron chi connectivity index (χ3n) is 7.32. The van der Waals surface area contributed by atoms with Crippen LogP contribution < -0.4 is 24.8 Å². The number of fused-ring (bicyclic) bond motifs is 3. The zero-order chi connectivity index (χ0) is 23.0. The maximum Gasteiger partial charge on any atom is 3.00 e. The molecule has 1 aliphatic carbocycles. The van der Waals surface area contributed by atoms with E-state index in [0.29, 0.717) is 11.8 Å². The Morgan fingerprint density at radius 2 is 1.51 bits per heavy atom. The fraction of sp³-hybridized carbons (Fsp3) is 0.438. The van der Waals surface area contributed by atoms with Crippen LogP contribution in [-0.2, 0) is 45.5 Å². The van der Waals surface area contributed by atoms with Crippen LogP contribution in [0.4, 0.5) is 0 Å². The minimum absolute atomic E-state index is 0. The van der Waals surface area contributed by atoms with Gasteiger partial charge in [-0.2, -0.15) is 17.7 Å². The quantitative estimate of drug-likeness (QED) is 0.293. The molecule has 0 unspecified atom stereocenters. The minimum atomic E-state index is 0. The van der Waals surface area contributed by atoms with Crippen molar-refractivity contribution in [2.75, 3.05) is 0 Å². The maximum absolute atomic E-state index is 3.92. The Hall–Kier alpha value is -0.877. The molecule has 0 heterocycles. The predicted molar refractivity (Wildman–Crippen MR) is 139 cm³/mol. The standard InChI is InChI=1S/C32H39.2ClH.Zr/c1-8-9-10-24-16-27-17-26-15-22(6)11-12-30(26)32(27)19-25(24)18-31-23(7)28(20(2)3)13-14-29(31)21(4)5;;;/h11-15,19-21H,8-10,17-18H2,1-7H3;2*1H;/q-1;;;+3/p-2. The van der Waals surface area contributed by atoms with Gasteiger partial charge in [0.15, 0.2) is 0 Å². The summed E-state index contributed by atoms with van der Waals surface area (Å²) in [6.07, 6.45) is 5.64. The number of unbranched alkanes of at least 4 members (excludes halogenated alkanes) is 1. The second-order valence-corrected chi connectivity index (χ2v) is 10.4. The molecular formula is C32H39Cl2Zr. The molecule has 35 heavy (non-hydrogen) atoms. The van der Waals surface area contributed by atoms with Gasteiger partial charge >= 0.3 is 26.2 Å². The average molecular weight is 586 g/mol. The summed E-state index contributed by atoms with van der Waals surface area (Å²) >= 11 is 0. The normalized spacial score (nSPS) is 11.5. The summed E-state index contributed by atoms with van der Waals surface area (Å²) in [5, 5.41) is 0. The molecule has 1 radical (unpaired) electrons. The van der Waals surface area contributed by atoms with Gasteiger partial charge in [0, 0.05) is 0 Å². The van der Waals surface area contributed by atoms with Gasteiger partial charge in [0.25, 0.3) is 0 Å². The summed E-state index contributed by atoms with van der Waals surface area (Å²) in [5.74, 6) is 1.09. The van der Waals surface area contributed by atoms with Crippen LogP contribution >= 0.6 is 0 Å². The van der Waals surface area contributed by atoms with Crippen molar-refractivity contribution in [1.29, 1.82) is 0 Å². The van der Waals surface area contributed by atoms with E-state index in [1.54, 1.807) is 5.56 Å². The Morgan fingerprint density at radius 1 is 0.857 bits per heavy atom. The molecule has 0 N–H and O–H groups in total. The first-order valence-electron chi connectivity index (χ1n) is 12.6. The zero-order valence-corrected chi connectivity index (χ0v) is 26.4. The molecule has 0 fully saturated rings. The smallest absolute Gasteiger partial charge is 1.00 e. The number of halogens is 2. The number of rotatable bonds is 7. The van der Waals surface area contributed by atoms with E-state index in [1.807, 2.05) is 0 Å². The monoisotopic (exact) mass is 583 g/mol. The summed E-state index contributed by atoms with van der Waals surface area (Å²) in [5.41, 5.74) is 16.0. The molecule has 0 bridgehead atoms. The molecule has 185 valence electrons. The van der Waals surface area contributed by atoms with Crippen LogP contribution in [0.15, 0.2) is 36.4 Å². The number of aryl methyl sites for hydroxylation is 2. The molecule has 3 aromatic carbocycles. The molecule has 0 aliphatic heterocycles. The van der Waals surface area contributed by atoms with Crippen molar-refractivity contribution in [2.24, 2.45) is 0 Å². The summed E-state index contributed by atoms with van der Waals surface area (Å²) in [6.45, 7) is 16.1. The minimum Gasteiger partial charge on any atom is -1.00 e. The van der Waals surface area contributed by atoms with Gasteiger partial charge in [0.2, 0.25) is 0 Å². The van der Waals surface area contributed by atoms with E-state index >= 15 is 0 Å². The van der Waals surface area contributed by atoms with Crippen molar-refractivity contribution >= 4 is 0 Å². The van der Waals surface area contributed by atoms with Crippen molar-refractivity contribution in [1.82, 2.24) is 0 Å². The van der Waals surface area contributed by atoms with Crippen molar-refractivity contribution in [3.63, 3.8) is 0 Å².